The number of sulfonamides is 1. The van der Waals surface area contributed by atoms with Crippen LogP contribution in [-0.2, 0) is 14.8 Å². The van der Waals surface area contributed by atoms with E-state index in [0.29, 0.717) is 6.61 Å². The minimum atomic E-state index is -3.75. The van der Waals surface area contributed by atoms with Crippen LogP contribution in [0, 0.1) is 5.82 Å². The van der Waals surface area contributed by atoms with Crippen LogP contribution in [0.3, 0.4) is 0 Å². The monoisotopic (exact) mass is 408 g/mol. The van der Waals surface area contributed by atoms with Crippen LogP contribution in [0.15, 0.2) is 48.5 Å². The van der Waals surface area contributed by atoms with Crippen molar-refractivity contribution in [2.45, 2.75) is 32.9 Å². The summed E-state index contributed by atoms with van der Waals surface area (Å²) in [5.41, 5.74) is 1.08. The van der Waals surface area contributed by atoms with Crippen molar-refractivity contribution in [2.24, 2.45) is 0 Å². The van der Waals surface area contributed by atoms with Crippen LogP contribution in [-0.4, -0.2) is 33.2 Å². The molecule has 0 bridgehead atoms. The molecule has 0 fully saturated rings. The standard InChI is InChI=1S/C20H25FN2O4S/c1-5-27-19-12-6-16(7-13-19)14(2)22-20(24)15(3)23(28(4,25)26)18-10-8-17(21)9-11-18/h6-15H,5H2,1-4H3,(H,22,24)/t14-,15+/m1/s1. The number of rotatable bonds is 8. The number of hydrogen-bond donors (Lipinski definition) is 1. The van der Waals surface area contributed by atoms with E-state index in [1.807, 2.05) is 38.1 Å². The van der Waals surface area contributed by atoms with Gasteiger partial charge in [-0.15, -0.1) is 0 Å². The summed E-state index contributed by atoms with van der Waals surface area (Å²) in [5, 5.41) is 2.82. The molecule has 0 saturated heterocycles. The normalized spacial score (nSPS) is 13.5. The average Bonchev–Trinajstić information content (AvgIpc) is 2.63. The number of nitrogens with zero attached hydrogens (tertiary/aromatic N) is 1. The molecule has 0 aliphatic heterocycles. The minimum absolute atomic E-state index is 0.222. The molecule has 2 rings (SSSR count). The van der Waals surface area contributed by atoms with Gasteiger partial charge in [0.15, 0.2) is 0 Å². The third kappa shape index (κ3) is 5.45. The van der Waals surface area contributed by atoms with Crippen molar-refractivity contribution < 1.29 is 22.3 Å². The number of ether oxygens (including phenoxy) is 1. The molecule has 28 heavy (non-hydrogen) atoms. The van der Waals surface area contributed by atoms with Crippen LogP contribution in [0.1, 0.15) is 32.4 Å². The highest BCUT2D eigenvalue weighted by molar-refractivity contribution is 7.92. The SMILES string of the molecule is CCOc1ccc([C@@H](C)NC(=O)[C@H](C)N(c2ccc(F)cc2)S(C)(=O)=O)cc1. The summed E-state index contributed by atoms with van der Waals surface area (Å²) in [6.45, 7) is 5.76. The van der Waals surface area contributed by atoms with Gasteiger partial charge < -0.3 is 10.1 Å². The molecule has 0 aliphatic carbocycles. The Morgan fingerprint density at radius 2 is 1.68 bits per heavy atom. The molecule has 1 amide bonds. The molecule has 0 spiro atoms. The molecule has 0 unspecified atom stereocenters. The van der Waals surface area contributed by atoms with Crippen molar-refractivity contribution in [3.8, 4) is 5.75 Å². The van der Waals surface area contributed by atoms with Gasteiger partial charge in [0.1, 0.15) is 17.6 Å². The number of anilines is 1. The van der Waals surface area contributed by atoms with Gasteiger partial charge in [-0.1, -0.05) is 12.1 Å². The van der Waals surface area contributed by atoms with Gasteiger partial charge in [0.2, 0.25) is 15.9 Å². The minimum Gasteiger partial charge on any atom is -0.494 e. The lowest BCUT2D eigenvalue weighted by molar-refractivity contribution is -0.122. The van der Waals surface area contributed by atoms with Crippen LogP contribution in [0.4, 0.5) is 10.1 Å². The highest BCUT2D eigenvalue weighted by Gasteiger charge is 2.29. The second kappa shape index (κ2) is 9.05. The number of halogens is 1. The molecule has 0 heterocycles. The molecule has 0 aromatic heterocycles. The fraction of sp³-hybridized carbons (Fsp3) is 0.350. The van der Waals surface area contributed by atoms with Gasteiger partial charge in [0.25, 0.3) is 0 Å². The number of carbonyl (C=O) groups excluding carboxylic acids is 1. The lowest BCUT2D eigenvalue weighted by atomic mass is 10.1. The van der Waals surface area contributed by atoms with Crippen molar-refractivity contribution in [1.82, 2.24) is 5.32 Å². The van der Waals surface area contributed by atoms with E-state index in [1.165, 1.54) is 19.1 Å². The summed E-state index contributed by atoms with van der Waals surface area (Å²) in [5.74, 6) is -0.215. The van der Waals surface area contributed by atoms with E-state index in [1.54, 1.807) is 0 Å². The van der Waals surface area contributed by atoms with E-state index in [2.05, 4.69) is 5.32 Å². The first kappa shape index (κ1) is 21.7. The maximum atomic E-state index is 13.2. The summed E-state index contributed by atoms with van der Waals surface area (Å²) in [6, 6.07) is 10.9. The van der Waals surface area contributed by atoms with Crippen molar-refractivity contribution >= 4 is 21.6 Å². The van der Waals surface area contributed by atoms with Gasteiger partial charge >= 0.3 is 0 Å². The maximum Gasteiger partial charge on any atom is 0.244 e. The second-order valence-corrected chi connectivity index (χ2v) is 8.30. The fourth-order valence-corrected chi connectivity index (χ4v) is 4.01. The molecular weight excluding hydrogens is 383 g/mol. The third-order valence-electron chi connectivity index (χ3n) is 4.22. The van der Waals surface area contributed by atoms with Crippen molar-refractivity contribution in [2.75, 3.05) is 17.2 Å². The van der Waals surface area contributed by atoms with E-state index < -0.39 is 27.8 Å². The predicted octanol–water partition coefficient (Wildman–Crippen LogP) is 3.26. The maximum absolute atomic E-state index is 13.2. The molecule has 0 radical (unpaired) electrons. The lowest BCUT2D eigenvalue weighted by Crippen LogP contribution is -2.48. The quantitative estimate of drug-likeness (QED) is 0.728. The Morgan fingerprint density at radius 1 is 1.11 bits per heavy atom. The largest absolute Gasteiger partial charge is 0.494 e. The smallest absolute Gasteiger partial charge is 0.244 e. The van der Waals surface area contributed by atoms with E-state index in [-0.39, 0.29) is 11.7 Å². The summed E-state index contributed by atoms with van der Waals surface area (Å²) in [7, 11) is -3.75. The molecule has 0 saturated carbocycles. The average molecular weight is 408 g/mol. The zero-order valence-electron chi connectivity index (χ0n) is 16.3. The molecule has 0 aliphatic rings. The van der Waals surface area contributed by atoms with Gasteiger partial charge in [-0.3, -0.25) is 9.10 Å². The van der Waals surface area contributed by atoms with Gasteiger partial charge in [-0.2, -0.15) is 0 Å². The summed E-state index contributed by atoms with van der Waals surface area (Å²) in [4.78, 5) is 12.7. The third-order valence-corrected chi connectivity index (χ3v) is 5.46. The van der Waals surface area contributed by atoms with Crippen molar-refractivity contribution in [3.05, 3.63) is 59.9 Å². The second-order valence-electron chi connectivity index (χ2n) is 6.44. The van der Waals surface area contributed by atoms with Crippen LogP contribution >= 0.6 is 0 Å². The van der Waals surface area contributed by atoms with Gasteiger partial charge in [-0.05, 0) is 62.7 Å². The van der Waals surface area contributed by atoms with E-state index >= 15 is 0 Å². The number of hydrogen-bond acceptors (Lipinski definition) is 4. The van der Waals surface area contributed by atoms with Crippen LogP contribution in [0.2, 0.25) is 0 Å². The molecule has 8 heteroatoms. The first-order valence-corrected chi connectivity index (χ1v) is 10.8. The van der Waals surface area contributed by atoms with Crippen molar-refractivity contribution in [3.63, 3.8) is 0 Å². The summed E-state index contributed by atoms with van der Waals surface area (Å²) < 4.78 is 44.1. The van der Waals surface area contributed by atoms with Gasteiger partial charge in [0.05, 0.1) is 24.6 Å². The number of benzene rings is 2. The lowest BCUT2D eigenvalue weighted by Gasteiger charge is -2.29. The van der Waals surface area contributed by atoms with E-state index in [4.69, 9.17) is 4.74 Å². The zero-order chi connectivity index (χ0) is 20.9. The number of amides is 1. The Morgan fingerprint density at radius 3 is 2.18 bits per heavy atom. The predicted molar refractivity (Wildman–Crippen MR) is 107 cm³/mol. The number of nitrogens with one attached hydrogen (secondary N) is 1. The first-order valence-electron chi connectivity index (χ1n) is 8.91. The molecular formula is C20H25FN2O4S. The fourth-order valence-electron chi connectivity index (χ4n) is 2.83. The Bertz CT molecular complexity index is 899. The van der Waals surface area contributed by atoms with Crippen LogP contribution in [0.25, 0.3) is 0 Å². The molecule has 1 N–H and O–H groups in total. The first-order chi connectivity index (χ1) is 13.1. The number of carbonyl (C=O) groups is 1. The molecule has 2 aromatic carbocycles. The van der Waals surface area contributed by atoms with E-state index in [9.17, 15) is 17.6 Å². The zero-order valence-corrected chi connectivity index (χ0v) is 17.2. The topological polar surface area (TPSA) is 75.7 Å². The van der Waals surface area contributed by atoms with Crippen LogP contribution in [0.5, 0.6) is 5.75 Å². The summed E-state index contributed by atoms with van der Waals surface area (Å²) >= 11 is 0. The van der Waals surface area contributed by atoms with Crippen LogP contribution < -0.4 is 14.4 Å². The van der Waals surface area contributed by atoms with Gasteiger partial charge in [-0.25, -0.2) is 12.8 Å². The Kier molecular flexibility index (Phi) is 7.01. The highest BCUT2D eigenvalue weighted by Crippen LogP contribution is 2.22. The molecule has 2 aromatic rings. The van der Waals surface area contributed by atoms with Crippen molar-refractivity contribution in [1.29, 1.82) is 0 Å². The Balaban J connectivity index is 2.17. The Hall–Kier alpha value is -2.61. The Labute approximate surface area is 165 Å². The van der Waals surface area contributed by atoms with Gasteiger partial charge in [0, 0.05) is 0 Å². The molecule has 2 atom stereocenters. The molecule has 6 nitrogen and oxygen atoms in total. The highest BCUT2D eigenvalue weighted by atomic mass is 32.2. The molecule has 152 valence electrons. The summed E-state index contributed by atoms with van der Waals surface area (Å²) in [6.07, 6.45) is 1.01. The van der Waals surface area contributed by atoms with E-state index in [0.717, 1.165) is 34.0 Å².